The molecule has 0 radical (unpaired) electrons. The van der Waals surface area contributed by atoms with E-state index in [-0.39, 0.29) is 24.9 Å². The summed E-state index contributed by atoms with van der Waals surface area (Å²) >= 11 is 0. The number of nitriles is 1. The standard InChI is InChI=1S/C14H15N5O3/c15-7-10-1-3-11(4-2-10)19-6-5-18(9-13(19)21)12(20)8-17-14(16)22/h1-4H,5-6,8-9H2,(H3,16,17,22). The quantitative estimate of drug-likeness (QED) is 0.774. The van der Waals surface area contributed by atoms with Gasteiger partial charge in [0.05, 0.1) is 18.2 Å². The first-order chi connectivity index (χ1) is 10.5. The van der Waals surface area contributed by atoms with Crippen molar-refractivity contribution in [2.75, 3.05) is 31.1 Å². The van der Waals surface area contributed by atoms with E-state index in [2.05, 4.69) is 5.32 Å². The Balaban J connectivity index is 1.97. The maximum Gasteiger partial charge on any atom is 0.312 e. The van der Waals surface area contributed by atoms with Gasteiger partial charge >= 0.3 is 6.03 Å². The van der Waals surface area contributed by atoms with Gasteiger partial charge in [-0.2, -0.15) is 5.26 Å². The minimum Gasteiger partial charge on any atom is -0.352 e. The summed E-state index contributed by atoms with van der Waals surface area (Å²) in [5.74, 6) is -0.574. The summed E-state index contributed by atoms with van der Waals surface area (Å²) in [5.41, 5.74) is 6.10. The average molecular weight is 301 g/mol. The molecule has 2 rings (SSSR count). The van der Waals surface area contributed by atoms with Gasteiger partial charge < -0.3 is 20.9 Å². The van der Waals surface area contributed by atoms with Crippen LogP contribution in [0.5, 0.6) is 0 Å². The van der Waals surface area contributed by atoms with Crippen LogP contribution in [0.4, 0.5) is 10.5 Å². The summed E-state index contributed by atoms with van der Waals surface area (Å²) < 4.78 is 0. The third-order valence-corrected chi connectivity index (χ3v) is 3.30. The Hall–Kier alpha value is -3.08. The molecular formula is C14H15N5O3. The highest BCUT2D eigenvalue weighted by Crippen LogP contribution is 2.18. The number of piperazine rings is 1. The number of nitrogens with zero attached hydrogens (tertiary/aromatic N) is 3. The van der Waals surface area contributed by atoms with Gasteiger partial charge in [0.25, 0.3) is 0 Å². The number of rotatable bonds is 3. The Labute approximate surface area is 127 Å². The fourth-order valence-corrected chi connectivity index (χ4v) is 2.15. The maximum absolute atomic E-state index is 12.2. The van der Waals surface area contributed by atoms with Crippen LogP contribution in [0.1, 0.15) is 5.56 Å². The number of carbonyl (C=O) groups excluding carboxylic acids is 3. The van der Waals surface area contributed by atoms with Crippen molar-refractivity contribution >= 4 is 23.5 Å². The minimum absolute atomic E-state index is 0.0563. The van der Waals surface area contributed by atoms with Gasteiger partial charge in [-0.05, 0) is 24.3 Å². The molecule has 8 nitrogen and oxygen atoms in total. The molecular weight excluding hydrogens is 286 g/mol. The lowest BCUT2D eigenvalue weighted by molar-refractivity contribution is -0.136. The third-order valence-electron chi connectivity index (χ3n) is 3.30. The topological polar surface area (TPSA) is 120 Å². The molecule has 1 saturated heterocycles. The van der Waals surface area contributed by atoms with Crippen LogP contribution < -0.4 is 16.0 Å². The lowest BCUT2D eigenvalue weighted by Gasteiger charge is -2.34. The van der Waals surface area contributed by atoms with Crippen molar-refractivity contribution in [3.8, 4) is 6.07 Å². The predicted molar refractivity (Wildman–Crippen MR) is 77.7 cm³/mol. The number of primary amides is 1. The lowest BCUT2D eigenvalue weighted by Crippen LogP contribution is -2.54. The minimum atomic E-state index is -0.782. The highest BCUT2D eigenvalue weighted by Gasteiger charge is 2.27. The monoisotopic (exact) mass is 301 g/mol. The summed E-state index contributed by atoms with van der Waals surface area (Å²) in [6.07, 6.45) is 0. The van der Waals surface area contributed by atoms with E-state index < -0.39 is 6.03 Å². The van der Waals surface area contributed by atoms with E-state index >= 15 is 0 Å². The Morgan fingerprint density at radius 3 is 2.50 bits per heavy atom. The number of anilines is 1. The second kappa shape index (κ2) is 6.58. The van der Waals surface area contributed by atoms with Gasteiger partial charge in [0.1, 0.15) is 6.54 Å². The molecule has 4 amide bonds. The molecule has 114 valence electrons. The Kier molecular flexibility index (Phi) is 4.58. The zero-order valence-corrected chi connectivity index (χ0v) is 11.8. The molecule has 0 aliphatic carbocycles. The van der Waals surface area contributed by atoms with E-state index in [0.29, 0.717) is 24.3 Å². The number of hydrogen-bond donors (Lipinski definition) is 2. The molecule has 1 aliphatic heterocycles. The highest BCUT2D eigenvalue weighted by atomic mass is 16.2. The van der Waals surface area contributed by atoms with Crippen molar-refractivity contribution in [3.63, 3.8) is 0 Å². The molecule has 1 aliphatic rings. The molecule has 0 unspecified atom stereocenters. The molecule has 0 aromatic heterocycles. The van der Waals surface area contributed by atoms with E-state index in [1.807, 2.05) is 6.07 Å². The number of hydrogen-bond acceptors (Lipinski definition) is 4. The molecule has 0 spiro atoms. The van der Waals surface area contributed by atoms with Crippen molar-refractivity contribution in [3.05, 3.63) is 29.8 Å². The number of nitrogens with one attached hydrogen (secondary N) is 1. The van der Waals surface area contributed by atoms with E-state index in [1.54, 1.807) is 29.2 Å². The van der Waals surface area contributed by atoms with Gasteiger partial charge in [-0.15, -0.1) is 0 Å². The molecule has 1 fully saturated rings. The van der Waals surface area contributed by atoms with Gasteiger partial charge in [-0.1, -0.05) is 0 Å². The Morgan fingerprint density at radius 1 is 1.27 bits per heavy atom. The molecule has 1 heterocycles. The smallest absolute Gasteiger partial charge is 0.312 e. The van der Waals surface area contributed by atoms with Gasteiger partial charge in [0.15, 0.2) is 0 Å². The van der Waals surface area contributed by atoms with Crippen LogP contribution in [-0.2, 0) is 9.59 Å². The Morgan fingerprint density at radius 2 is 1.95 bits per heavy atom. The maximum atomic E-state index is 12.2. The first-order valence-corrected chi connectivity index (χ1v) is 6.63. The van der Waals surface area contributed by atoms with Gasteiger partial charge in [-0.3, -0.25) is 9.59 Å². The van der Waals surface area contributed by atoms with Crippen molar-refractivity contribution in [2.24, 2.45) is 5.73 Å². The summed E-state index contributed by atoms with van der Waals surface area (Å²) in [7, 11) is 0. The summed E-state index contributed by atoms with van der Waals surface area (Å²) in [6, 6.07) is 7.90. The Bertz CT molecular complexity index is 635. The highest BCUT2D eigenvalue weighted by molar-refractivity contribution is 5.98. The third kappa shape index (κ3) is 3.52. The fourth-order valence-electron chi connectivity index (χ4n) is 2.15. The normalized spacial score (nSPS) is 14.4. The second-order valence-electron chi connectivity index (χ2n) is 4.74. The summed E-state index contributed by atoms with van der Waals surface area (Å²) in [6.45, 7) is 0.441. The molecule has 1 aromatic carbocycles. The number of nitrogens with two attached hydrogens (primary N) is 1. The number of carbonyl (C=O) groups is 3. The molecule has 22 heavy (non-hydrogen) atoms. The lowest BCUT2D eigenvalue weighted by atomic mass is 10.2. The van der Waals surface area contributed by atoms with Gasteiger partial charge in [-0.25, -0.2) is 4.79 Å². The van der Waals surface area contributed by atoms with Crippen molar-refractivity contribution < 1.29 is 14.4 Å². The fraction of sp³-hybridized carbons (Fsp3) is 0.286. The van der Waals surface area contributed by atoms with E-state index in [9.17, 15) is 14.4 Å². The number of amides is 4. The van der Waals surface area contributed by atoms with E-state index in [1.165, 1.54) is 4.90 Å². The zero-order chi connectivity index (χ0) is 16.1. The van der Waals surface area contributed by atoms with Crippen LogP contribution in [0.25, 0.3) is 0 Å². The van der Waals surface area contributed by atoms with Crippen molar-refractivity contribution in [1.82, 2.24) is 10.2 Å². The van der Waals surface area contributed by atoms with Gasteiger partial charge in [0, 0.05) is 18.8 Å². The predicted octanol–water partition coefficient (Wildman–Crippen LogP) is -0.598. The second-order valence-corrected chi connectivity index (χ2v) is 4.74. The van der Waals surface area contributed by atoms with Gasteiger partial charge in [0.2, 0.25) is 11.8 Å². The number of benzene rings is 1. The first-order valence-electron chi connectivity index (χ1n) is 6.63. The molecule has 8 heteroatoms. The van der Waals surface area contributed by atoms with E-state index in [4.69, 9.17) is 11.0 Å². The van der Waals surface area contributed by atoms with Crippen LogP contribution in [0.2, 0.25) is 0 Å². The molecule has 0 atom stereocenters. The molecule has 0 bridgehead atoms. The number of urea groups is 1. The van der Waals surface area contributed by atoms with Crippen LogP contribution in [0, 0.1) is 11.3 Å². The van der Waals surface area contributed by atoms with Crippen LogP contribution in [-0.4, -0.2) is 48.9 Å². The van der Waals surface area contributed by atoms with Crippen LogP contribution in [0.15, 0.2) is 24.3 Å². The zero-order valence-electron chi connectivity index (χ0n) is 11.8. The average Bonchev–Trinajstić information content (AvgIpc) is 2.52. The molecule has 1 aromatic rings. The largest absolute Gasteiger partial charge is 0.352 e. The van der Waals surface area contributed by atoms with Crippen LogP contribution in [0.3, 0.4) is 0 Å². The SMILES string of the molecule is N#Cc1ccc(N2CCN(C(=O)CNC(N)=O)CC2=O)cc1. The van der Waals surface area contributed by atoms with E-state index in [0.717, 1.165) is 0 Å². The molecule has 0 saturated carbocycles. The summed E-state index contributed by atoms with van der Waals surface area (Å²) in [5, 5.41) is 11.0. The van der Waals surface area contributed by atoms with Crippen molar-refractivity contribution in [1.29, 1.82) is 5.26 Å². The molecule has 3 N–H and O–H groups in total. The summed E-state index contributed by atoms with van der Waals surface area (Å²) in [4.78, 5) is 37.5. The van der Waals surface area contributed by atoms with Crippen molar-refractivity contribution in [2.45, 2.75) is 0 Å². The first kappa shape index (κ1) is 15.3. The van der Waals surface area contributed by atoms with Crippen LogP contribution >= 0.6 is 0 Å².